The highest BCUT2D eigenvalue weighted by Crippen LogP contribution is 2.16. The summed E-state index contributed by atoms with van der Waals surface area (Å²) in [5.41, 5.74) is 3.18. The van der Waals surface area contributed by atoms with Gasteiger partial charge in [0.05, 0.1) is 36.0 Å². The third-order valence-corrected chi connectivity index (χ3v) is 2.98. The van der Waals surface area contributed by atoms with E-state index in [2.05, 4.69) is 27.4 Å². The lowest BCUT2D eigenvalue weighted by Gasteiger charge is -2.07. The maximum absolute atomic E-state index is 4.42. The highest BCUT2D eigenvalue weighted by Gasteiger charge is 2.00. The molecule has 0 saturated heterocycles. The van der Waals surface area contributed by atoms with Gasteiger partial charge in [-0.2, -0.15) is 0 Å². The monoisotopic (exact) mass is 238 g/mol. The summed E-state index contributed by atoms with van der Waals surface area (Å²) in [6.45, 7) is 0.747. The predicted molar refractivity (Wildman–Crippen MR) is 72.3 cm³/mol. The van der Waals surface area contributed by atoms with Crippen LogP contribution in [0.15, 0.2) is 49.1 Å². The molecule has 2 aromatic heterocycles. The Morgan fingerprint density at radius 2 is 2.11 bits per heavy atom. The van der Waals surface area contributed by atoms with E-state index in [1.165, 1.54) is 0 Å². The van der Waals surface area contributed by atoms with E-state index in [4.69, 9.17) is 0 Å². The van der Waals surface area contributed by atoms with Crippen LogP contribution < -0.4 is 5.32 Å². The van der Waals surface area contributed by atoms with E-state index in [0.717, 1.165) is 28.8 Å². The molecule has 3 rings (SSSR count). The molecule has 90 valence electrons. The van der Waals surface area contributed by atoms with Crippen molar-refractivity contribution in [3.63, 3.8) is 0 Å². The molecule has 0 spiro atoms. The quantitative estimate of drug-likeness (QED) is 0.762. The molecule has 0 aliphatic carbocycles. The first-order valence-electron chi connectivity index (χ1n) is 5.87. The molecule has 1 aromatic carbocycles. The molecule has 0 aliphatic heterocycles. The second kappa shape index (κ2) is 4.49. The van der Waals surface area contributed by atoms with Crippen molar-refractivity contribution in [2.24, 2.45) is 7.05 Å². The number of anilines is 1. The molecule has 0 atom stereocenters. The van der Waals surface area contributed by atoms with Crippen LogP contribution in [0.4, 0.5) is 5.69 Å². The van der Waals surface area contributed by atoms with Crippen LogP contribution in [0.25, 0.3) is 10.9 Å². The first kappa shape index (κ1) is 10.8. The fourth-order valence-electron chi connectivity index (χ4n) is 1.92. The minimum absolute atomic E-state index is 0.747. The van der Waals surface area contributed by atoms with Gasteiger partial charge < -0.3 is 9.88 Å². The van der Waals surface area contributed by atoms with Gasteiger partial charge in [-0.3, -0.25) is 4.98 Å². The summed E-state index contributed by atoms with van der Waals surface area (Å²) in [5.74, 6) is 0. The lowest BCUT2D eigenvalue weighted by atomic mass is 10.2. The van der Waals surface area contributed by atoms with Gasteiger partial charge in [-0.1, -0.05) is 18.2 Å². The zero-order valence-corrected chi connectivity index (χ0v) is 10.2. The van der Waals surface area contributed by atoms with Crippen LogP contribution >= 0.6 is 0 Å². The SMILES string of the molecule is Cn1cncc1CNc1cnc2ccccc2c1. The number of hydrogen-bond donors (Lipinski definition) is 1. The number of rotatable bonds is 3. The Morgan fingerprint density at radius 1 is 1.22 bits per heavy atom. The number of benzene rings is 1. The van der Waals surface area contributed by atoms with Gasteiger partial charge in [-0.15, -0.1) is 0 Å². The molecule has 3 aromatic rings. The van der Waals surface area contributed by atoms with Gasteiger partial charge >= 0.3 is 0 Å². The normalized spacial score (nSPS) is 10.7. The first-order valence-corrected chi connectivity index (χ1v) is 5.87. The van der Waals surface area contributed by atoms with Crippen LogP contribution in [-0.4, -0.2) is 14.5 Å². The van der Waals surface area contributed by atoms with Crippen molar-refractivity contribution in [2.75, 3.05) is 5.32 Å². The number of aryl methyl sites for hydroxylation is 1. The van der Waals surface area contributed by atoms with Crippen molar-refractivity contribution in [3.8, 4) is 0 Å². The summed E-state index contributed by atoms with van der Waals surface area (Å²) < 4.78 is 2.00. The fourth-order valence-corrected chi connectivity index (χ4v) is 1.92. The molecule has 2 heterocycles. The van der Waals surface area contributed by atoms with Crippen molar-refractivity contribution in [1.82, 2.24) is 14.5 Å². The predicted octanol–water partition coefficient (Wildman–Crippen LogP) is 2.58. The summed E-state index contributed by atoms with van der Waals surface area (Å²) in [4.78, 5) is 8.51. The number of nitrogens with zero attached hydrogens (tertiary/aromatic N) is 3. The number of aromatic nitrogens is 3. The molecule has 4 heteroatoms. The lowest BCUT2D eigenvalue weighted by molar-refractivity contribution is 0.837. The number of imidazole rings is 1. The van der Waals surface area contributed by atoms with Crippen molar-refractivity contribution in [1.29, 1.82) is 0 Å². The van der Waals surface area contributed by atoms with E-state index in [1.807, 2.05) is 42.2 Å². The third-order valence-electron chi connectivity index (χ3n) is 2.98. The Kier molecular flexibility index (Phi) is 2.68. The molecule has 0 amide bonds. The van der Waals surface area contributed by atoms with E-state index in [1.54, 1.807) is 6.33 Å². The first-order chi connectivity index (χ1) is 8.83. The third kappa shape index (κ3) is 2.05. The number of hydrogen-bond acceptors (Lipinski definition) is 3. The smallest absolute Gasteiger partial charge is 0.0946 e. The largest absolute Gasteiger partial charge is 0.378 e. The number of para-hydroxylation sites is 1. The Labute approximate surface area is 105 Å². The standard InChI is InChI=1S/C14H14N4/c1-18-10-15-8-13(18)9-16-12-6-11-4-2-3-5-14(11)17-7-12/h2-8,10,16H,9H2,1H3. The van der Waals surface area contributed by atoms with E-state index < -0.39 is 0 Å². The van der Waals surface area contributed by atoms with Gasteiger partial charge in [-0.25, -0.2) is 4.98 Å². The number of pyridine rings is 1. The fraction of sp³-hybridized carbons (Fsp3) is 0.143. The average Bonchev–Trinajstić information content (AvgIpc) is 2.82. The average molecular weight is 238 g/mol. The summed E-state index contributed by atoms with van der Waals surface area (Å²) in [6, 6.07) is 10.2. The molecule has 0 saturated carbocycles. The highest BCUT2D eigenvalue weighted by atomic mass is 15.0. The topological polar surface area (TPSA) is 42.7 Å². The van der Waals surface area contributed by atoms with Crippen LogP contribution in [0.5, 0.6) is 0 Å². The minimum Gasteiger partial charge on any atom is -0.378 e. The molecule has 4 nitrogen and oxygen atoms in total. The van der Waals surface area contributed by atoms with Crippen molar-refractivity contribution in [3.05, 3.63) is 54.7 Å². The zero-order valence-electron chi connectivity index (χ0n) is 10.2. The molecule has 0 unspecified atom stereocenters. The Hall–Kier alpha value is -2.36. The van der Waals surface area contributed by atoms with Crippen LogP contribution in [0, 0.1) is 0 Å². The molecule has 1 N–H and O–H groups in total. The van der Waals surface area contributed by atoms with Gasteiger partial charge in [0.15, 0.2) is 0 Å². The highest BCUT2D eigenvalue weighted by molar-refractivity contribution is 5.81. The maximum Gasteiger partial charge on any atom is 0.0946 e. The molecule has 0 fully saturated rings. The van der Waals surface area contributed by atoms with Crippen LogP contribution in [0.2, 0.25) is 0 Å². The summed E-state index contributed by atoms with van der Waals surface area (Å²) >= 11 is 0. The zero-order chi connectivity index (χ0) is 12.4. The molecular formula is C14H14N4. The van der Waals surface area contributed by atoms with Gasteiger partial charge in [0.2, 0.25) is 0 Å². The van der Waals surface area contributed by atoms with E-state index >= 15 is 0 Å². The van der Waals surface area contributed by atoms with Crippen molar-refractivity contribution < 1.29 is 0 Å². The van der Waals surface area contributed by atoms with Crippen LogP contribution in [-0.2, 0) is 13.6 Å². The second-order valence-electron chi connectivity index (χ2n) is 4.27. The van der Waals surface area contributed by atoms with Gasteiger partial charge in [0.1, 0.15) is 0 Å². The Balaban J connectivity index is 1.81. The second-order valence-corrected chi connectivity index (χ2v) is 4.27. The molecule has 0 aliphatic rings. The van der Waals surface area contributed by atoms with Crippen molar-refractivity contribution in [2.45, 2.75) is 6.54 Å². The Bertz CT molecular complexity index is 672. The molecular weight excluding hydrogens is 224 g/mol. The lowest BCUT2D eigenvalue weighted by Crippen LogP contribution is -2.04. The van der Waals surface area contributed by atoms with Gasteiger partial charge in [0, 0.05) is 18.6 Å². The molecule has 0 bridgehead atoms. The number of nitrogens with one attached hydrogen (secondary N) is 1. The maximum atomic E-state index is 4.42. The van der Waals surface area contributed by atoms with E-state index in [-0.39, 0.29) is 0 Å². The van der Waals surface area contributed by atoms with Gasteiger partial charge in [0.25, 0.3) is 0 Å². The van der Waals surface area contributed by atoms with E-state index in [9.17, 15) is 0 Å². The summed E-state index contributed by atoms with van der Waals surface area (Å²) in [7, 11) is 1.99. The number of fused-ring (bicyclic) bond motifs is 1. The molecule has 0 radical (unpaired) electrons. The summed E-state index contributed by atoms with van der Waals surface area (Å²) in [5, 5.41) is 4.50. The van der Waals surface area contributed by atoms with E-state index in [0.29, 0.717) is 0 Å². The summed E-state index contributed by atoms with van der Waals surface area (Å²) in [6.07, 6.45) is 5.52. The van der Waals surface area contributed by atoms with Crippen LogP contribution in [0.1, 0.15) is 5.69 Å². The van der Waals surface area contributed by atoms with Crippen LogP contribution in [0.3, 0.4) is 0 Å². The molecule has 18 heavy (non-hydrogen) atoms. The Morgan fingerprint density at radius 3 is 2.94 bits per heavy atom. The van der Waals surface area contributed by atoms with Gasteiger partial charge in [-0.05, 0) is 12.1 Å². The van der Waals surface area contributed by atoms with Crippen molar-refractivity contribution >= 4 is 16.6 Å². The minimum atomic E-state index is 0.747.